The first kappa shape index (κ1) is 19.5. The van der Waals surface area contributed by atoms with Crippen molar-refractivity contribution >= 4 is 17.5 Å². The molecule has 5 nitrogen and oxygen atoms in total. The molecule has 1 spiro atoms. The largest absolute Gasteiger partial charge is 0.497 e. The Balaban J connectivity index is 1.40. The number of nitrogens with zero attached hydrogens (tertiary/aromatic N) is 2. The van der Waals surface area contributed by atoms with Gasteiger partial charge in [-0.1, -0.05) is 30.3 Å². The number of amides is 2. The molecular formula is C24H28N2O3. The number of hydrogen-bond donors (Lipinski definition) is 0. The highest BCUT2D eigenvalue weighted by atomic mass is 16.5. The minimum atomic E-state index is -0.459. The maximum absolute atomic E-state index is 13.2. The summed E-state index contributed by atoms with van der Waals surface area (Å²) in [5, 5.41) is 0. The molecule has 0 atom stereocenters. The van der Waals surface area contributed by atoms with Crippen molar-refractivity contribution in [2.75, 3.05) is 31.6 Å². The van der Waals surface area contributed by atoms with Gasteiger partial charge in [-0.15, -0.1) is 0 Å². The molecule has 29 heavy (non-hydrogen) atoms. The summed E-state index contributed by atoms with van der Waals surface area (Å²) in [6, 6.07) is 16.0. The minimum Gasteiger partial charge on any atom is -0.497 e. The van der Waals surface area contributed by atoms with Gasteiger partial charge in [0.15, 0.2) is 0 Å². The zero-order valence-electron chi connectivity index (χ0n) is 17.2. The van der Waals surface area contributed by atoms with E-state index in [1.54, 1.807) is 7.11 Å². The fourth-order valence-corrected chi connectivity index (χ4v) is 4.73. The molecule has 0 saturated carbocycles. The lowest BCUT2D eigenvalue weighted by Crippen LogP contribution is -2.50. The second-order valence-electron chi connectivity index (χ2n) is 7.88. The number of methoxy groups -OCH3 is 1. The Morgan fingerprint density at radius 3 is 2.41 bits per heavy atom. The predicted octanol–water partition coefficient (Wildman–Crippen LogP) is 3.55. The minimum absolute atomic E-state index is 0.168. The Labute approximate surface area is 172 Å². The standard InChI is InChI=1S/C24H28N2O3/c1-3-26-21-7-5-4-6-20(21)24(23(26)28)14-16-25(17-15-24)22(27)13-10-18-8-11-19(29-2)12-9-18/h4-9,11-12H,3,10,13-17H2,1-2H3. The average molecular weight is 392 g/mol. The predicted molar refractivity (Wildman–Crippen MR) is 113 cm³/mol. The van der Waals surface area contributed by atoms with E-state index >= 15 is 0 Å². The molecule has 1 fully saturated rings. The summed E-state index contributed by atoms with van der Waals surface area (Å²) in [6.07, 6.45) is 2.61. The van der Waals surface area contributed by atoms with Gasteiger partial charge in [-0.25, -0.2) is 0 Å². The number of carbonyl (C=O) groups excluding carboxylic acids is 2. The van der Waals surface area contributed by atoms with Crippen molar-refractivity contribution in [3.63, 3.8) is 0 Å². The molecule has 2 aliphatic rings. The van der Waals surface area contributed by atoms with Gasteiger partial charge < -0.3 is 14.5 Å². The van der Waals surface area contributed by atoms with Crippen LogP contribution in [0.3, 0.4) is 0 Å². The monoisotopic (exact) mass is 392 g/mol. The molecule has 2 aliphatic heterocycles. The zero-order chi connectivity index (χ0) is 20.4. The molecule has 2 aromatic carbocycles. The van der Waals surface area contributed by atoms with Gasteiger partial charge in [0.1, 0.15) is 5.75 Å². The quantitative estimate of drug-likeness (QED) is 0.782. The molecule has 0 aromatic heterocycles. The lowest BCUT2D eigenvalue weighted by atomic mass is 9.73. The molecule has 0 N–H and O–H groups in total. The van der Waals surface area contributed by atoms with E-state index in [9.17, 15) is 9.59 Å². The van der Waals surface area contributed by atoms with E-state index in [4.69, 9.17) is 4.74 Å². The molecule has 4 rings (SSSR count). The first-order valence-corrected chi connectivity index (χ1v) is 10.4. The summed E-state index contributed by atoms with van der Waals surface area (Å²) in [5.41, 5.74) is 2.85. The van der Waals surface area contributed by atoms with Gasteiger partial charge >= 0.3 is 0 Å². The highest BCUT2D eigenvalue weighted by Gasteiger charge is 2.51. The number of benzene rings is 2. The summed E-state index contributed by atoms with van der Waals surface area (Å²) in [4.78, 5) is 29.8. The van der Waals surface area contributed by atoms with Crippen LogP contribution in [0.15, 0.2) is 48.5 Å². The molecule has 0 bridgehead atoms. The van der Waals surface area contributed by atoms with Gasteiger partial charge in [0.2, 0.25) is 11.8 Å². The third kappa shape index (κ3) is 3.39. The number of rotatable bonds is 5. The second-order valence-corrected chi connectivity index (χ2v) is 7.88. The molecule has 0 unspecified atom stereocenters. The maximum Gasteiger partial charge on any atom is 0.237 e. The van der Waals surface area contributed by atoms with E-state index in [2.05, 4.69) is 6.07 Å². The summed E-state index contributed by atoms with van der Waals surface area (Å²) < 4.78 is 5.18. The van der Waals surface area contributed by atoms with Crippen LogP contribution >= 0.6 is 0 Å². The van der Waals surface area contributed by atoms with Crippen LogP contribution < -0.4 is 9.64 Å². The third-order valence-electron chi connectivity index (χ3n) is 6.44. The topological polar surface area (TPSA) is 49.9 Å². The molecule has 2 amide bonds. The number of fused-ring (bicyclic) bond motifs is 2. The van der Waals surface area contributed by atoms with Gasteiger partial charge in [-0.3, -0.25) is 9.59 Å². The van der Waals surface area contributed by atoms with Crippen molar-refractivity contribution in [2.45, 2.75) is 38.0 Å². The fourth-order valence-electron chi connectivity index (χ4n) is 4.73. The van der Waals surface area contributed by atoms with Crippen LogP contribution in [0.5, 0.6) is 5.75 Å². The summed E-state index contributed by atoms with van der Waals surface area (Å²) >= 11 is 0. The Hall–Kier alpha value is -2.82. The highest BCUT2D eigenvalue weighted by molar-refractivity contribution is 6.08. The number of anilines is 1. The van der Waals surface area contributed by atoms with Gasteiger partial charge in [0.25, 0.3) is 0 Å². The van der Waals surface area contributed by atoms with Crippen molar-refractivity contribution < 1.29 is 14.3 Å². The van der Waals surface area contributed by atoms with Crippen LogP contribution in [0.4, 0.5) is 5.69 Å². The Bertz CT molecular complexity index is 899. The fraction of sp³-hybridized carbons (Fsp3) is 0.417. The van der Waals surface area contributed by atoms with E-state index in [0.29, 0.717) is 38.9 Å². The van der Waals surface area contributed by atoms with Crippen LogP contribution in [0.2, 0.25) is 0 Å². The van der Waals surface area contributed by atoms with E-state index in [0.717, 1.165) is 29.0 Å². The van der Waals surface area contributed by atoms with Crippen molar-refractivity contribution in [1.82, 2.24) is 4.90 Å². The molecule has 0 radical (unpaired) electrons. The Kier molecular flexibility index (Phi) is 5.31. The first-order valence-electron chi connectivity index (χ1n) is 10.4. The number of carbonyl (C=O) groups is 2. The van der Waals surface area contributed by atoms with Gasteiger partial charge in [0.05, 0.1) is 12.5 Å². The lowest BCUT2D eigenvalue weighted by Gasteiger charge is -2.38. The molecule has 2 heterocycles. The van der Waals surface area contributed by atoms with Crippen molar-refractivity contribution in [3.05, 3.63) is 59.7 Å². The van der Waals surface area contributed by atoms with Crippen molar-refractivity contribution in [2.24, 2.45) is 0 Å². The van der Waals surface area contributed by atoms with Crippen LogP contribution in [-0.4, -0.2) is 43.5 Å². The number of para-hydroxylation sites is 1. The number of likely N-dealkylation sites (N-methyl/N-ethyl adjacent to an activating group) is 1. The van der Waals surface area contributed by atoms with E-state index in [-0.39, 0.29) is 11.8 Å². The smallest absolute Gasteiger partial charge is 0.237 e. The number of hydrogen-bond acceptors (Lipinski definition) is 3. The second kappa shape index (κ2) is 7.90. The van der Waals surface area contributed by atoms with Crippen LogP contribution in [0.1, 0.15) is 37.3 Å². The highest BCUT2D eigenvalue weighted by Crippen LogP contribution is 2.47. The summed E-state index contributed by atoms with van der Waals surface area (Å²) in [5.74, 6) is 1.19. The van der Waals surface area contributed by atoms with E-state index < -0.39 is 5.41 Å². The summed E-state index contributed by atoms with van der Waals surface area (Å²) in [7, 11) is 1.65. The van der Waals surface area contributed by atoms with Crippen LogP contribution in [0.25, 0.3) is 0 Å². The Morgan fingerprint density at radius 1 is 1.07 bits per heavy atom. The summed E-state index contributed by atoms with van der Waals surface area (Å²) in [6.45, 7) is 3.98. The number of piperidine rings is 1. The molecule has 5 heteroatoms. The maximum atomic E-state index is 13.2. The van der Waals surface area contributed by atoms with Crippen LogP contribution in [-0.2, 0) is 21.4 Å². The van der Waals surface area contributed by atoms with Gasteiger partial charge in [0, 0.05) is 31.7 Å². The lowest BCUT2D eigenvalue weighted by molar-refractivity contribution is -0.135. The van der Waals surface area contributed by atoms with E-state index in [1.165, 1.54) is 0 Å². The number of aryl methyl sites for hydroxylation is 1. The first-order chi connectivity index (χ1) is 14.1. The van der Waals surface area contributed by atoms with Gasteiger partial charge in [-0.05, 0) is 55.5 Å². The normalized spacial score (nSPS) is 17.5. The Morgan fingerprint density at radius 2 is 1.76 bits per heavy atom. The van der Waals surface area contributed by atoms with Crippen molar-refractivity contribution in [1.29, 1.82) is 0 Å². The number of likely N-dealkylation sites (tertiary alicyclic amines) is 1. The van der Waals surface area contributed by atoms with E-state index in [1.807, 2.05) is 59.2 Å². The molecule has 2 aromatic rings. The molecular weight excluding hydrogens is 364 g/mol. The zero-order valence-corrected chi connectivity index (χ0v) is 17.2. The third-order valence-corrected chi connectivity index (χ3v) is 6.44. The van der Waals surface area contributed by atoms with Crippen molar-refractivity contribution in [3.8, 4) is 5.75 Å². The molecule has 152 valence electrons. The molecule has 1 saturated heterocycles. The number of ether oxygens (including phenoxy) is 1. The van der Waals surface area contributed by atoms with Crippen LogP contribution in [0, 0.1) is 0 Å². The van der Waals surface area contributed by atoms with Gasteiger partial charge in [-0.2, -0.15) is 0 Å². The SMILES string of the molecule is CCN1C(=O)C2(CCN(C(=O)CCc3ccc(OC)cc3)CC2)c2ccccc21. The average Bonchev–Trinajstić information content (AvgIpc) is 3.00. The molecule has 0 aliphatic carbocycles.